The Bertz CT molecular complexity index is 2160. The molecule has 5 aromatic rings. The number of halogens is 1. The van der Waals surface area contributed by atoms with Crippen LogP contribution in [0.4, 0.5) is 5.69 Å². The summed E-state index contributed by atoms with van der Waals surface area (Å²) in [6, 6.07) is 26.0. The highest BCUT2D eigenvalue weighted by molar-refractivity contribution is 7.89. The quantitative estimate of drug-likeness (QED) is 0.103. The molecule has 0 unspecified atom stereocenters. The van der Waals surface area contributed by atoms with Gasteiger partial charge in [0.2, 0.25) is 21.8 Å². The van der Waals surface area contributed by atoms with E-state index < -0.39 is 22.0 Å². The van der Waals surface area contributed by atoms with E-state index in [1.165, 1.54) is 0 Å². The molecule has 51 heavy (non-hydrogen) atoms. The molecule has 1 saturated carbocycles. The number of aromatic nitrogens is 2. The van der Waals surface area contributed by atoms with Gasteiger partial charge in [-0.25, -0.2) is 13.1 Å². The van der Waals surface area contributed by atoms with Gasteiger partial charge >= 0.3 is 0 Å². The average Bonchev–Trinajstić information content (AvgIpc) is 3.50. The summed E-state index contributed by atoms with van der Waals surface area (Å²) in [5.41, 5.74) is 10.7. The molecule has 1 heterocycles. The van der Waals surface area contributed by atoms with Gasteiger partial charge in [0.15, 0.2) is 0 Å². The number of benzene rings is 4. The maximum Gasteiger partial charge on any atom is 0.271 e. The maximum atomic E-state index is 13.8. The number of nitrogens with two attached hydrogens (primary N) is 1. The second-order valence-electron chi connectivity index (χ2n) is 13.0. The number of aromatic amines is 2. The summed E-state index contributed by atoms with van der Waals surface area (Å²) in [5, 5.41) is 11.7. The Kier molecular flexibility index (Phi) is 12.1. The Morgan fingerprint density at radius 3 is 2.37 bits per heavy atom. The molecule has 0 radical (unpaired) electrons. The Labute approximate surface area is 303 Å². The van der Waals surface area contributed by atoms with Gasteiger partial charge < -0.3 is 16.4 Å². The van der Waals surface area contributed by atoms with E-state index in [-0.39, 0.29) is 47.7 Å². The summed E-state index contributed by atoms with van der Waals surface area (Å²) in [6.45, 7) is 2.69. The number of carbonyl (C=O) groups is 2. The predicted octanol–water partition coefficient (Wildman–Crippen LogP) is 5.16. The fourth-order valence-corrected chi connectivity index (χ4v) is 7.59. The number of hydrogen-bond donors (Lipinski definition) is 6. The third-order valence-electron chi connectivity index (χ3n) is 9.53. The Hall–Kier alpha value is -4.75. The molecule has 268 valence electrons. The number of fused-ring (bicyclic) bond motifs is 1. The van der Waals surface area contributed by atoms with Crippen LogP contribution < -0.4 is 26.6 Å². The lowest BCUT2D eigenvalue weighted by Crippen LogP contribution is -2.48. The second-order valence-corrected chi connectivity index (χ2v) is 14.8. The Morgan fingerprint density at radius 1 is 0.882 bits per heavy atom. The molecule has 4 aromatic carbocycles. The van der Waals surface area contributed by atoms with E-state index in [2.05, 4.69) is 25.6 Å². The lowest BCUT2D eigenvalue weighted by atomic mass is 9.81. The third-order valence-corrected chi connectivity index (χ3v) is 10.9. The van der Waals surface area contributed by atoms with Crippen LogP contribution in [-0.4, -0.2) is 43.0 Å². The van der Waals surface area contributed by atoms with E-state index >= 15 is 0 Å². The number of hydrogen-bond acceptors (Lipinski definition) is 6. The lowest BCUT2D eigenvalue weighted by Gasteiger charge is -2.28. The molecule has 11 nitrogen and oxygen atoms in total. The van der Waals surface area contributed by atoms with Gasteiger partial charge in [-0.1, -0.05) is 60.7 Å². The van der Waals surface area contributed by atoms with Crippen molar-refractivity contribution in [2.45, 2.75) is 56.5 Å². The van der Waals surface area contributed by atoms with E-state index in [0.717, 1.165) is 40.7 Å². The van der Waals surface area contributed by atoms with Crippen LogP contribution in [0.2, 0.25) is 0 Å². The van der Waals surface area contributed by atoms with Crippen LogP contribution in [-0.2, 0) is 32.6 Å². The first-order valence-corrected chi connectivity index (χ1v) is 18.3. The van der Waals surface area contributed by atoms with Crippen molar-refractivity contribution >= 4 is 50.8 Å². The summed E-state index contributed by atoms with van der Waals surface area (Å²) < 4.78 is 29.2. The molecule has 0 bridgehead atoms. The van der Waals surface area contributed by atoms with Crippen molar-refractivity contribution in [2.75, 3.05) is 11.9 Å². The topological polar surface area (TPSA) is 179 Å². The molecule has 0 saturated heterocycles. The zero-order valence-corrected chi connectivity index (χ0v) is 29.9. The number of aryl methyl sites for hydroxylation is 1. The van der Waals surface area contributed by atoms with E-state index in [9.17, 15) is 22.8 Å². The van der Waals surface area contributed by atoms with Gasteiger partial charge in [-0.15, -0.1) is 12.4 Å². The highest BCUT2D eigenvalue weighted by Gasteiger charge is 2.29. The summed E-state index contributed by atoms with van der Waals surface area (Å²) in [4.78, 5) is 39.4. The number of carbonyl (C=O) groups excluding carboxylic acids is 2. The normalized spacial score (nSPS) is 16.6. The van der Waals surface area contributed by atoms with Crippen molar-refractivity contribution in [3.05, 3.63) is 118 Å². The van der Waals surface area contributed by atoms with Gasteiger partial charge in [-0.3, -0.25) is 24.6 Å². The number of H-pyrrole nitrogens is 2. The third kappa shape index (κ3) is 9.14. The van der Waals surface area contributed by atoms with Gasteiger partial charge in [0.1, 0.15) is 6.04 Å². The predicted molar refractivity (Wildman–Crippen MR) is 202 cm³/mol. The molecule has 1 aliphatic carbocycles. The van der Waals surface area contributed by atoms with Crippen LogP contribution >= 0.6 is 12.4 Å². The molecular weight excluding hydrogens is 688 g/mol. The molecule has 1 aromatic heterocycles. The first-order valence-electron chi connectivity index (χ1n) is 16.8. The van der Waals surface area contributed by atoms with Crippen molar-refractivity contribution in [3.63, 3.8) is 0 Å². The SMILES string of the molecule is Cc1ccc(S(=O)(=O)NCc2ccccc2)cc1-c1cccc(C[C@H](NC(=O)C2CCC(CN)CC2)C(=O)Nc2ccc3c(=O)[nH][nH]c3c2)c1.Cl. The van der Waals surface area contributed by atoms with Crippen molar-refractivity contribution < 1.29 is 18.0 Å². The minimum atomic E-state index is -3.80. The second kappa shape index (κ2) is 16.5. The Balaban J connectivity index is 0.00000504. The van der Waals surface area contributed by atoms with E-state index in [1.54, 1.807) is 36.4 Å². The van der Waals surface area contributed by atoms with Gasteiger partial charge in [0.05, 0.1) is 15.8 Å². The van der Waals surface area contributed by atoms with Crippen LogP contribution in [0.15, 0.2) is 101 Å². The lowest BCUT2D eigenvalue weighted by molar-refractivity contribution is -0.130. The summed E-state index contributed by atoms with van der Waals surface area (Å²) in [6.07, 6.45) is 3.38. The molecular formula is C38H43ClN6O5S. The van der Waals surface area contributed by atoms with Crippen molar-refractivity contribution in [2.24, 2.45) is 17.6 Å². The zero-order chi connectivity index (χ0) is 35.3. The van der Waals surface area contributed by atoms with Gasteiger partial charge in [-0.2, -0.15) is 0 Å². The van der Waals surface area contributed by atoms with E-state index in [4.69, 9.17) is 5.73 Å². The number of anilines is 1. The smallest absolute Gasteiger partial charge is 0.271 e. The molecule has 7 N–H and O–H groups in total. The number of rotatable bonds is 12. The van der Waals surface area contributed by atoms with Crippen LogP contribution in [0, 0.1) is 18.8 Å². The number of sulfonamides is 1. The van der Waals surface area contributed by atoms with E-state index in [0.29, 0.717) is 41.9 Å². The van der Waals surface area contributed by atoms with Crippen molar-refractivity contribution in [1.82, 2.24) is 20.2 Å². The Morgan fingerprint density at radius 2 is 1.63 bits per heavy atom. The van der Waals surface area contributed by atoms with Crippen molar-refractivity contribution in [3.8, 4) is 11.1 Å². The van der Waals surface area contributed by atoms with Gasteiger partial charge in [0, 0.05) is 24.6 Å². The fourth-order valence-electron chi connectivity index (χ4n) is 6.54. The highest BCUT2D eigenvalue weighted by Crippen LogP contribution is 2.30. The van der Waals surface area contributed by atoms with Gasteiger partial charge in [-0.05, 0) is 103 Å². The van der Waals surface area contributed by atoms with Crippen LogP contribution in [0.5, 0.6) is 0 Å². The molecule has 6 rings (SSSR count). The molecule has 1 fully saturated rings. The largest absolute Gasteiger partial charge is 0.344 e. The summed E-state index contributed by atoms with van der Waals surface area (Å²) in [5.74, 6) is -0.361. The highest BCUT2D eigenvalue weighted by atomic mass is 35.5. The van der Waals surface area contributed by atoms with Crippen LogP contribution in [0.25, 0.3) is 22.0 Å². The molecule has 1 aliphatic rings. The van der Waals surface area contributed by atoms with E-state index in [1.807, 2.05) is 61.5 Å². The number of amides is 2. The summed E-state index contributed by atoms with van der Waals surface area (Å²) >= 11 is 0. The molecule has 13 heteroatoms. The standard InChI is InChI=1S/C38H42N6O5S.ClH/c1-24-10-16-31(50(48,49)40-23-26-6-3-2-4-7-26)21-33(24)29-9-5-8-27(18-29)19-35(42-36(45)28-13-11-25(22-39)12-14-28)38(47)41-30-15-17-32-34(20-30)43-44-37(32)46;/h2-10,15-18,20-21,25,28,35,40H,11-14,19,22-23,39H2,1H3,(H,41,47)(H,42,45)(H2,43,44,46);1H/t25?,28?,35-;/m0./s1. The van der Waals surface area contributed by atoms with Crippen LogP contribution in [0.1, 0.15) is 42.4 Å². The fraction of sp³-hybridized carbons (Fsp3) is 0.289. The monoisotopic (exact) mass is 730 g/mol. The molecule has 1 atom stereocenters. The first kappa shape index (κ1) is 37.5. The molecule has 0 aliphatic heterocycles. The average molecular weight is 731 g/mol. The van der Waals surface area contributed by atoms with Gasteiger partial charge in [0.25, 0.3) is 5.56 Å². The number of nitrogens with one attached hydrogen (secondary N) is 5. The van der Waals surface area contributed by atoms with Crippen molar-refractivity contribution in [1.29, 1.82) is 0 Å². The minimum Gasteiger partial charge on any atom is -0.344 e. The summed E-state index contributed by atoms with van der Waals surface area (Å²) in [7, 11) is -3.80. The molecule has 2 amide bonds. The minimum absolute atomic E-state index is 0. The molecule has 0 spiro atoms. The maximum absolute atomic E-state index is 13.8. The first-order chi connectivity index (χ1) is 24.1. The zero-order valence-electron chi connectivity index (χ0n) is 28.3. The van der Waals surface area contributed by atoms with Crippen LogP contribution in [0.3, 0.4) is 0 Å².